The summed E-state index contributed by atoms with van der Waals surface area (Å²) in [7, 11) is 3.15. The standard InChI is InChI=1S/C20H35N5O3/c1-6-23(7-2)12-13-24(8-3)19(27)16-10-9-11-25(15-16)17-14-18(26)22(5)20(28)21(17)4/h14,16H,6-13,15H2,1-5H3. The average Bonchev–Trinajstić information content (AvgIpc) is 2.72. The van der Waals surface area contributed by atoms with Crippen LogP contribution in [0, 0.1) is 5.92 Å². The van der Waals surface area contributed by atoms with Crippen molar-refractivity contribution in [3.63, 3.8) is 0 Å². The Hall–Kier alpha value is -2.09. The first-order chi connectivity index (χ1) is 13.3. The van der Waals surface area contributed by atoms with Crippen molar-refractivity contribution in [2.24, 2.45) is 20.0 Å². The van der Waals surface area contributed by atoms with E-state index >= 15 is 0 Å². The molecular weight excluding hydrogens is 358 g/mol. The van der Waals surface area contributed by atoms with Gasteiger partial charge in [-0.25, -0.2) is 4.79 Å². The fourth-order valence-electron chi connectivity index (χ4n) is 3.90. The molecule has 0 spiro atoms. The molecule has 28 heavy (non-hydrogen) atoms. The van der Waals surface area contributed by atoms with E-state index in [2.05, 4.69) is 18.7 Å². The van der Waals surface area contributed by atoms with E-state index in [4.69, 9.17) is 0 Å². The Labute approximate surface area is 167 Å². The summed E-state index contributed by atoms with van der Waals surface area (Å²) in [6.07, 6.45) is 1.71. The number of carbonyl (C=O) groups is 1. The van der Waals surface area contributed by atoms with Crippen LogP contribution < -0.4 is 16.1 Å². The van der Waals surface area contributed by atoms with Crippen molar-refractivity contribution in [2.75, 3.05) is 50.7 Å². The molecule has 1 atom stereocenters. The van der Waals surface area contributed by atoms with Gasteiger partial charge in [0.15, 0.2) is 0 Å². The van der Waals surface area contributed by atoms with E-state index in [9.17, 15) is 14.4 Å². The summed E-state index contributed by atoms with van der Waals surface area (Å²) in [4.78, 5) is 43.7. The van der Waals surface area contributed by atoms with Crippen molar-refractivity contribution in [1.82, 2.24) is 18.9 Å². The molecule has 0 N–H and O–H groups in total. The van der Waals surface area contributed by atoms with E-state index in [1.807, 2.05) is 16.7 Å². The third-order valence-corrected chi connectivity index (χ3v) is 5.87. The van der Waals surface area contributed by atoms with E-state index in [-0.39, 0.29) is 23.1 Å². The predicted octanol–water partition coefficient (Wildman–Crippen LogP) is 0.491. The SMILES string of the molecule is CCN(CC)CCN(CC)C(=O)C1CCCN(c2cc(=O)n(C)c(=O)n2C)C1. The van der Waals surface area contributed by atoms with E-state index in [0.717, 1.165) is 50.1 Å². The minimum atomic E-state index is -0.342. The molecule has 1 aliphatic rings. The van der Waals surface area contributed by atoms with Crippen LogP contribution >= 0.6 is 0 Å². The van der Waals surface area contributed by atoms with Gasteiger partial charge in [0, 0.05) is 52.9 Å². The highest BCUT2D eigenvalue weighted by molar-refractivity contribution is 5.79. The normalized spacial score (nSPS) is 17.2. The first kappa shape index (κ1) is 22.2. The Morgan fingerprint density at radius 1 is 1.07 bits per heavy atom. The number of piperidine rings is 1. The van der Waals surface area contributed by atoms with Crippen LogP contribution in [0.25, 0.3) is 0 Å². The smallest absolute Gasteiger partial charge is 0.332 e. The fraction of sp³-hybridized carbons (Fsp3) is 0.750. The van der Waals surface area contributed by atoms with Crippen LogP contribution in [-0.2, 0) is 18.9 Å². The van der Waals surface area contributed by atoms with E-state index in [1.165, 1.54) is 17.7 Å². The molecule has 1 aromatic heterocycles. The maximum atomic E-state index is 13.1. The van der Waals surface area contributed by atoms with Gasteiger partial charge in [-0.15, -0.1) is 0 Å². The van der Waals surface area contributed by atoms with Crippen molar-refractivity contribution >= 4 is 11.7 Å². The lowest BCUT2D eigenvalue weighted by Crippen LogP contribution is -2.48. The molecule has 1 saturated heterocycles. The molecule has 0 aliphatic carbocycles. The summed E-state index contributed by atoms with van der Waals surface area (Å²) < 4.78 is 2.59. The molecule has 0 aromatic carbocycles. The highest BCUT2D eigenvalue weighted by atomic mass is 16.2. The van der Waals surface area contributed by atoms with Crippen LogP contribution in [0.3, 0.4) is 0 Å². The van der Waals surface area contributed by atoms with Crippen LogP contribution in [0.5, 0.6) is 0 Å². The maximum absolute atomic E-state index is 13.1. The first-order valence-electron chi connectivity index (χ1n) is 10.4. The van der Waals surface area contributed by atoms with Crippen LogP contribution in [0.15, 0.2) is 15.7 Å². The topological polar surface area (TPSA) is 70.8 Å². The molecule has 1 aliphatic heterocycles. The Morgan fingerprint density at radius 2 is 1.75 bits per heavy atom. The Morgan fingerprint density at radius 3 is 2.36 bits per heavy atom. The quantitative estimate of drug-likeness (QED) is 0.643. The number of amides is 1. The Kier molecular flexibility index (Phi) is 7.86. The number of anilines is 1. The lowest BCUT2D eigenvalue weighted by atomic mass is 9.96. The van der Waals surface area contributed by atoms with Crippen LogP contribution in [0.2, 0.25) is 0 Å². The van der Waals surface area contributed by atoms with Crippen LogP contribution in [-0.4, -0.2) is 70.7 Å². The second-order valence-corrected chi connectivity index (χ2v) is 7.47. The molecule has 1 fully saturated rings. The summed E-state index contributed by atoms with van der Waals surface area (Å²) >= 11 is 0. The molecule has 8 heteroatoms. The van der Waals surface area contributed by atoms with Gasteiger partial charge in [0.25, 0.3) is 5.56 Å². The third-order valence-electron chi connectivity index (χ3n) is 5.87. The Balaban J connectivity index is 2.13. The number of hydrogen-bond acceptors (Lipinski definition) is 5. The Bertz CT molecular complexity index is 781. The van der Waals surface area contributed by atoms with Crippen LogP contribution in [0.4, 0.5) is 5.82 Å². The van der Waals surface area contributed by atoms with Gasteiger partial charge in [-0.2, -0.15) is 0 Å². The molecule has 1 unspecified atom stereocenters. The van der Waals surface area contributed by atoms with E-state index in [0.29, 0.717) is 18.9 Å². The first-order valence-corrected chi connectivity index (χ1v) is 10.4. The summed E-state index contributed by atoms with van der Waals surface area (Å²) in [5.74, 6) is 0.662. The van der Waals surface area contributed by atoms with E-state index in [1.54, 1.807) is 7.05 Å². The second kappa shape index (κ2) is 9.91. The maximum Gasteiger partial charge on any atom is 0.332 e. The molecule has 8 nitrogen and oxygen atoms in total. The molecule has 2 rings (SSSR count). The lowest BCUT2D eigenvalue weighted by Gasteiger charge is -2.36. The van der Waals surface area contributed by atoms with Crippen LogP contribution in [0.1, 0.15) is 33.6 Å². The lowest BCUT2D eigenvalue weighted by molar-refractivity contribution is -0.135. The number of carbonyl (C=O) groups excluding carboxylic acids is 1. The monoisotopic (exact) mass is 393 g/mol. The minimum Gasteiger partial charge on any atom is -0.357 e. The molecule has 2 heterocycles. The molecule has 1 amide bonds. The largest absolute Gasteiger partial charge is 0.357 e. The van der Waals surface area contributed by atoms with E-state index < -0.39 is 0 Å². The average molecular weight is 394 g/mol. The van der Waals surface area contributed by atoms with Gasteiger partial charge in [-0.1, -0.05) is 13.8 Å². The van der Waals surface area contributed by atoms with Gasteiger partial charge in [-0.05, 0) is 32.9 Å². The molecule has 0 bridgehead atoms. The van der Waals surface area contributed by atoms with Gasteiger partial charge < -0.3 is 14.7 Å². The number of likely N-dealkylation sites (N-methyl/N-ethyl adjacent to an activating group) is 2. The van der Waals surface area contributed by atoms with Gasteiger partial charge in [0.05, 0.1) is 5.92 Å². The molecule has 0 radical (unpaired) electrons. The fourth-order valence-corrected chi connectivity index (χ4v) is 3.90. The highest BCUT2D eigenvalue weighted by Gasteiger charge is 2.30. The third kappa shape index (κ3) is 4.84. The summed E-state index contributed by atoms with van der Waals surface area (Å²) in [6.45, 7) is 11.9. The zero-order chi connectivity index (χ0) is 20.8. The number of hydrogen-bond donors (Lipinski definition) is 0. The van der Waals surface area contributed by atoms with Crippen molar-refractivity contribution < 1.29 is 4.79 Å². The molecule has 1 aromatic rings. The molecular formula is C20H35N5O3. The minimum absolute atomic E-state index is 0.107. The molecule has 158 valence electrons. The van der Waals surface area contributed by atoms with Crippen molar-refractivity contribution in [3.8, 4) is 0 Å². The zero-order valence-corrected chi connectivity index (χ0v) is 18.0. The summed E-state index contributed by atoms with van der Waals surface area (Å²) in [5, 5.41) is 0. The van der Waals surface area contributed by atoms with Crippen molar-refractivity contribution in [3.05, 3.63) is 26.9 Å². The highest BCUT2D eigenvalue weighted by Crippen LogP contribution is 2.23. The van der Waals surface area contributed by atoms with Crippen molar-refractivity contribution in [2.45, 2.75) is 33.6 Å². The van der Waals surface area contributed by atoms with Gasteiger partial charge in [0.2, 0.25) is 5.91 Å². The number of nitrogens with zero attached hydrogens (tertiary/aromatic N) is 5. The number of rotatable bonds is 8. The summed E-state index contributed by atoms with van der Waals surface area (Å²) in [5.41, 5.74) is -0.661. The van der Waals surface area contributed by atoms with Crippen molar-refractivity contribution in [1.29, 1.82) is 0 Å². The van der Waals surface area contributed by atoms with Gasteiger partial charge in [0.1, 0.15) is 5.82 Å². The second-order valence-electron chi connectivity index (χ2n) is 7.47. The van der Waals surface area contributed by atoms with Gasteiger partial charge >= 0.3 is 5.69 Å². The number of aromatic nitrogens is 2. The molecule has 0 saturated carbocycles. The zero-order valence-electron chi connectivity index (χ0n) is 18.0. The summed E-state index contributed by atoms with van der Waals surface area (Å²) in [6, 6.07) is 1.49. The van der Waals surface area contributed by atoms with Gasteiger partial charge in [-0.3, -0.25) is 18.7 Å². The predicted molar refractivity (Wildman–Crippen MR) is 112 cm³/mol.